The minimum atomic E-state index is -0.851. The molecule has 53 heavy (non-hydrogen) atoms. The number of amides is 4. The van der Waals surface area contributed by atoms with E-state index in [-0.39, 0.29) is 53.5 Å². The van der Waals surface area contributed by atoms with Gasteiger partial charge < -0.3 is 14.8 Å². The fourth-order valence-electron chi connectivity index (χ4n) is 6.71. The van der Waals surface area contributed by atoms with Gasteiger partial charge in [-0.3, -0.25) is 29.3 Å². The minimum absolute atomic E-state index is 0.126. The van der Waals surface area contributed by atoms with E-state index >= 15 is 0 Å². The summed E-state index contributed by atoms with van der Waals surface area (Å²) in [6, 6.07) is 22.2. The summed E-state index contributed by atoms with van der Waals surface area (Å²) in [4.78, 5) is 69.3. The van der Waals surface area contributed by atoms with Gasteiger partial charge in [-0.2, -0.15) is 0 Å². The number of benzene rings is 3. The Morgan fingerprint density at radius 1 is 0.887 bits per heavy atom. The summed E-state index contributed by atoms with van der Waals surface area (Å²) in [6.45, 7) is 7.09. The van der Waals surface area contributed by atoms with Gasteiger partial charge in [-0.15, -0.1) is 0 Å². The van der Waals surface area contributed by atoms with Crippen LogP contribution in [0.3, 0.4) is 0 Å². The highest BCUT2D eigenvalue weighted by molar-refractivity contribution is 6.21. The van der Waals surface area contributed by atoms with Crippen LogP contribution in [-0.4, -0.2) is 63.6 Å². The lowest BCUT2D eigenvalue weighted by atomic mass is 9.70. The van der Waals surface area contributed by atoms with Gasteiger partial charge in [0.15, 0.2) is 11.6 Å². The van der Waals surface area contributed by atoms with Crippen LogP contribution in [0.25, 0.3) is 0 Å². The van der Waals surface area contributed by atoms with Crippen LogP contribution in [0.4, 0.5) is 5.69 Å². The molecule has 3 N–H and O–H groups in total. The number of carbonyl (C=O) groups excluding carboxylic acids is 5. The summed E-state index contributed by atoms with van der Waals surface area (Å²) in [6.07, 6.45) is 4.38. The monoisotopic (exact) mass is 718 g/mol. The molecule has 3 heterocycles. The van der Waals surface area contributed by atoms with E-state index in [0.29, 0.717) is 36.7 Å². The van der Waals surface area contributed by atoms with Gasteiger partial charge in [-0.1, -0.05) is 38.1 Å². The molecular formula is C40H42N6O7. The number of rotatable bonds is 16. The first-order chi connectivity index (χ1) is 25.6. The van der Waals surface area contributed by atoms with Crippen LogP contribution >= 0.6 is 0 Å². The maximum atomic E-state index is 13.0. The Morgan fingerprint density at radius 2 is 1.55 bits per heavy atom. The number of carbonyl (C=O) groups is 5. The molecule has 6 rings (SSSR count). The van der Waals surface area contributed by atoms with Gasteiger partial charge in [0.2, 0.25) is 11.8 Å². The van der Waals surface area contributed by atoms with E-state index in [9.17, 15) is 24.0 Å². The summed E-state index contributed by atoms with van der Waals surface area (Å²) < 4.78 is 12.0. The molecule has 0 aliphatic carbocycles. The largest absolute Gasteiger partial charge is 0.494 e. The summed E-state index contributed by atoms with van der Waals surface area (Å²) >= 11 is 0. The standard InChI is InChI=1S/C40H42N6O7/c1-4-40(5-2,27-9-14-31(15-10-27)53-24-29-19-21-42-36(43-29)25(3)47)26-7-12-30(13-8-26)52-22-6-20-41-28-11-16-32-33(23-28)39(51)46(38(32)50)45-34-17-18-35(48)44-37(34)49/h7-16,19,21,23,34,41,45H,4-6,17-18,20,22,24H2,1-3H3,(H,44,48,49). The van der Waals surface area contributed by atoms with Gasteiger partial charge in [-0.25, -0.2) is 20.4 Å². The van der Waals surface area contributed by atoms with Gasteiger partial charge in [-0.05, 0) is 85.3 Å². The van der Waals surface area contributed by atoms with Crippen molar-refractivity contribution in [3.63, 3.8) is 0 Å². The van der Waals surface area contributed by atoms with E-state index in [1.165, 1.54) is 18.1 Å². The molecule has 4 aromatic rings. The fraction of sp³-hybridized carbons (Fsp3) is 0.325. The molecule has 1 saturated heterocycles. The number of fused-ring (bicyclic) bond motifs is 1. The van der Waals surface area contributed by atoms with Gasteiger partial charge in [0.1, 0.15) is 24.1 Å². The molecule has 274 valence electrons. The van der Waals surface area contributed by atoms with Crippen molar-refractivity contribution in [1.82, 2.24) is 25.7 Å². The van der Waals surface area contributed by atoms with Crippen LogP contribution in [0.2, 0.25) is 0 Å². The number of nitrogens with one attached hydrogen (secondary N) is 3. The first kappa shape index (κ1) is 36.8. The van der Waals surface area contributed by atoms with Crippen LogP contribution in [0.5, 0.6) is 11.5 Å². The highest BCUT2D eigenvalue weighted by Crippen LogP contribution is 2.40. The lowest BCUT2D eigenvalue weighted by Gasteiger charge is -2.33. The molecule has 0 saturated carbocycles. The van der Waals surface area contributed by atoms with E-state index in [0.717, 1.165) is 23.6 Å². The van der Waals surface area contributed by atoms with Crippen LogP contribution in [0.1, 0.15) is 101 Å². The third kappa shape index (κ3) is 8.10. The molecule has 4 amide bonds. The second-order valence-corrected chi connectivity index (χ2v) is 13.0. The normalized spacial score (nSPS) is 15.6. The second kappa shape index (κ2) is 16.2. The fourth-order valence-corrected chi connectivity index (χ4v) is 6.71. The molecule has 1 atom stereocenters. The molecule has 13 heteroatoms. The van der Waals surface area contributed by atoms with Crippen molar-refractivity contribution in [2.75, 3.05) is 18.5 Å². The number of Topliss-reactive ketones (excluding diaryl/α,β-unsaturated/α-hetero) is 1. The average Bonchev–Trinajstić information content (AvgIpc) is 3.40. The number of imide groups is 2. The van der Waals surface area contributed by atoms with Crippen LogP contribution in [0, 0.1) is 0 Å². The van der Waals surface area contributed by atoms with Gasteiger partial charge >= 0.3 is 0 Å². The Hall–Kier alpha value is -5.95. The van der Waals surface area contributed by atoms with E-state index in [4.69, 9.17) is 9.47 Å². The zero-order valence-electron chi connectivity index (χ0n) is 29.9. The zero-order chi connectivity index (χ0) is 37.5. The lowest BCUT2D eigenvalue weighted by Crippen LogP contribution is -2.57. The number of nitrogens with zero attached hydrogens (tertiary/aromatic N) is 3. The van der Waals surface area contributed by atoms with Gasteiger partial charge in [0.05, 0.1) is 23.4 Å². The van der Waals surface area contributed by atoms with Crippen LogP contribution in [-0.2, 0) is 21.6 Å². The first-order valence-electron chi connectivity index (χ1n) is 17.8. The summed E-state index contributed by atoms with van der Waals surface area (Å²) in [5.74, 6) is -0.572. The van der Waals surface area contributed by atoms with Crippen molar-refractivity contribution in [3.05, 3.63) is 113 Å². The Labute approximate surface area is 307 Å². The number of ether oxygens (including phenoxy) is 2. The Morgan fingerprint density at radius 3 is 2.19 bits per heavy atom. The third-order valence-electron chi connectivity index (χ3n) is 9.77. The van der Waals surface area contributed by atoms with Crippen molar-refractivity contribution < 1.29 is 33.4 Å². The number of hydrazine groups is 1. The Bertz CT molecular complexity index is 2010. The van der Waals surface area contributed by atoms with E-state index in [1.54, 1.807) is 30.5 Å². The van der Waals surface area contributed by atoms with Crippen LogP contribution < -0.4 is 25.5 Å². The maximum absolute atomic E-state index is 13.0. The van der Waals surface area contributed by atoms with E-state index < -0.39 is 23.8 Å². The molecule has 0 spiro atoms. The van der Waals surface area contributed by atoms with Crippen molar-refractivity contribution in [2.45, 2.75) is 70.9 Å². The van der Waals surface area contributed by atoms with E-state index in [1.807, 2.05) is 24.3 Å². The van der Waals surface area contributed by atoms with Crippen molar-refractivity contribution in [3.8, 4) is 11.5 Å². The predicted octanol–water partition coefficient (Wildman–Crippen LogP) is 5.15. The summed E-state index contributed by atoms with van der Waals surface area (Å²) in [5, 5.41) is 6.35. The van der Waals surface area contributed by atoms with Gasteiger partial charge in [0.25, 0.3) is 11.8 Å². The van der Waals surface area contributed by atoms with E-state index in [2.05, 4.69) is 64.1 Å². The molecule has 1 unspecified atom stereocenters. The second-order valence-electron chi connectivity index (χ2n) is 13.0. The number of anilines is 1. The number of hydrogen-bond acceptors (Lipinski definition) is 11. The number of ketones is 1. The van der Waals surface area contributed by atoms with Crippen LogP contribution in [0.15, 0.2) is 79.0 Å². The Balaban J connectivity index is 0.986. The average molecular weight is 719 g/mol. The van der Waals surface area contributed by atoms with Gasteiger partial charge in [0, 0.05) is 37.2 Å². The maximum Gasteiger partial charge on any atom is 0.276 e. The summed E-state index contributed by atoms with van der Waals surface area (Å²) in [7, 11) is 0. The molecule has 0 bridgehead atoms. The lowest BCUT2D eigenvalue weighted by molar-refractivity contribution is -0.135. The molecule has 0 radical (unpaired) electrons. The minimum Gasteiger partial charge on any atom is -0.494 e. The smallest absolute Gasteiger partial charge is 0.276 e. The zero-order valence-corrected chi connectivity index (χ0v) is 29.9. The number of aromatic nitrogens is 2. The topological polar surface area (TPSA) is 169 Å². The predicted molar refractivity (Wildman–Crippen MR) is 195 cm³/mol. The number of piperidine rings is 1. The quantitative estimate of drug-likeness (QED) is 0.0796. The van der Waals surface area contributed by atoms with Crippen molar-refractivity contribution in [1.29, 1.82) is 0 Å². The molecule has 1 fully saturated rings. The highest BCUT2D eigenvalue weighted by Gasteiger charge is 2.39. The SMILES string of the molecule is CCC(CC)(c1ccc(OCCCNc2ccc3c(c2)C(=O)N(NC2CCC(=O)NC2=O)C3=O)cc1)c1ccc(OCc2ccnc(C(C)=O)n2)cc1. The summed E-state index contributed by atoms with van der Waals surface area (Å²) in [5.41, 5.74) is 6.67. The molecule has 13 nitrogen and oxygen atoms in total. The molecule has 1 aromatic heterocycles. The first-order valence-corrected chi connectivity index (χ1v) is 17.8. The molecular weight excluding hydrogens is 676 g/mol. The molecule has 2 aliphatic rings. The molecule has 3 aromatic carbocycles. The number of hydrogen-bond donors (Lipinski definition) is 3. The van der Waals surface area contributed by atoms with Crippen molar-refractivity contribution >= 4 is 35.1 Å². The molecule has 2 aliphatic heterocycles. The third-order valence-corrected chi connectivity index (χ3v) is 9.77. The highest BCUT2D eigenvalue weighted by atomic mass is 16.5. The Kier molecular flexibility index (Phi) is 11.2. The van der Waals surface area contributed by atoms with Crippen molar-refractivity contribution in [2.24, 2.45) is 0 Å².